The topological polar surface area (TPSA) is 52.6 Å². The molecule has 0 saturated heterocycles. The van der Waals surface area contributed by atoms with Crippen LogP contribution in [-0.4, -0.2) is 25.0 Å². The van der Waals surface area contributed by atoms with Crippen molar-refractivity contribution in [3.8, 4) is 5.75 Å². The lowest BCUT2D eigenvalue weighted by Crippen LogP contribution is -2.15. The molecule has 0 radical (unpaired) electrons. The van der Waals surface area contributed by atoms with Gasteiger partial charge in [0, 0.05) is 5.56 Å². The lowest BCUT2D eigenvalue weighted by atomic mass is 10.0. The molecule has 0 spiro atoms. The van der Waals surface area contributed by atoms with Gasteiger partial charge in [-0.2, -0.15) is 0 Å². The Bertz CT molecular complexity index is 566. The summed E-state index contributed by atoms with van der Waals surface area (Å²) in [7, 11) is 1.52. The molecule has 19 heavy (non-hydrogen) atoms. The number of ketones is 1. The first-order valence-corrected chi connectivity index (χ1v) is 6.22. The van der Waals surface area contributed by atoms with Crippen LogP contribution in [0.4, 0.5) is 0 Å². The van der Waals surface area contributed by atoms with Crippen molar-refractivity contribution in [3.05, 3.63) is 39.9 Å². The fourth-order valence-corrected chi connectivity index (χ4v) is 2.05. The summed E-state index contributed by atoms with van der Waals surface area (Å²) in [5, 5.41) is -0.0898. The summed E-state index contributed by atoms with van der Waals surface area (Å²) in [6.07, 6.45) is -0.853. The number of ether oxygens (including phenoxy) is 2. The van der Waals surface area contributed by atoms with Gasteiger partial charge in [-0.25, -0.2) is 4.79 Å². The Balaban J connectivity index is 2.12. The van der Waals surface area contributed by atoms with E-state index in [-0.39, 0.29) is 22.3 Å². The number of hydrogen-bond acceptors (Lipinski definition) is 4. The fraction of sp³-hybridized carbons (Fsp3) is 0.231. The van der Waals surface area contributed by atoms with Crippen molar-refractivity contribution in [1.82, 2.24) is 0 Å². The lowest BCUT2D eigenvalue weighted by Gasteiger charge is -2.09. The molecule has 0 aromatic heterocycles. The third-order valence-electron chi connectivity index (χ3n) is 2.68. The minimum absolute atomic E-state index is 0.0477. The summed E-state index contributed by atoms with van der Waals surface area (Å²) in [6, 6.07) is 6.70. The Morgan fingerprint density at radius 1 is 1.42 bits per heavy atom. The van der Waals surface area contributed by atoms with Gasteiger partial charge in [-0.15, -0.1) is 0 Å². The molecule has 0 unspecified atom stereocenters. The molecule has 100 valence electrons. The zero-order valence-electron chi connectivity index (χ0n) is 9.98. The van der Waals surface area contributed by atoms with E-state index in [2.05, 4.69) is 0 Å². The van der Waals surface area contributed by atoms with Crippen LogP contribution in [0.5, 0.6) is 5.75 Å². The summed E-state index contributed by atoms with van der Waals surface area (Å²) in [6.45, 7) is 0. The average molecular weight is 301 g/mol. The SMILES string of the molecule is COc1cccc(C(=O)C[C@H]2OC(=O)C(Cl)=C2Cl)c1. The first-order valence-electron chi connectivity index (χ1n) is 5.46. The molecule has 0 fully saturated rings. The summed E-state index contributed by atoms with van der Waals surface area (Å²) in [5.74, 6) is -0.328. The van der Waals surface area contributed by atoms with E-state index >= 15 is 0 Å². The third-order valence-corrected chi connectivity index (χ3v) is 3.57. The number of Topliss-reactive ketones (excluding diaryl/α,β-unsaturated/α-hetero) is 1. The summed E-state index contributed by atoms with van der Waals surface area (Å²) >= 11 is 11.5. The summed E-state index contributed by atoms with van der Waals surface area (Å²) in [4.78, 5) is 23.2. The Labute approximate surface area is 119 Å². The van der Waals surface area contributed by atoms with Crippen LogP contribution in [0, 0.1) is 0 Å². The van der Waals surface area contributed by atoms with Crippen LogP contribution in [0.25, 0.3) is 0 Å². The van der Waals surface area contributed by atoms with E-state index < -0.39 is 12.1 Å². The molecular formula is C13H10Cl2O4. The predicted octanol–water partition coefficient (Wildman–Crippen LogP) is 2.88. The monoisotopic (exact) mass is 300 g/mol. The van der Waals surface area contributed by atoms with Crippen LogP contribution in [-0.2, 0) is 9.53 Å². The fourth-order valence-electron chi connectivity index (χ4n) is 1.69. The molecule has 1 atom stereocenters. The quantitative estimate of drug-likeness (QED) is 0.634. The van der Waals surface area contributed by atoms with Crippen LogP contribution < -0.4 is 4.74 Å². The van der Waals surface area contributed by atoms with Gasteiger partial charge in [0.05, 0.1) is 18.6 Å². The Hall–Kier alpha value is -1.52. The highest BCUT2D eigenvalue weighted by Crippen LogP contribution is 2.31. The van der Waals surface area contributed by atoms with E-state index in [1.54, 1.807) is 24.3 Å². The van der Waals surface area contributed by atoms with Crippen LogP contribution in [0.15, 0.2) is 34.3 Å². The molecule has 0 aliphatic carbocycles. The Morgan fingerprint density at radius 3 is 2.74 bits per heavy atom. The largest absolute Gasteiger partial charge is 0.497 e. The van der Waals surface area contributed by atoms with Gasteiger partial charge in [-0.05, 0) is 12.1 Å². The molecule has 6 heteroatoms. The van der Waals surface area contributed by atoms with Crippen molar-refractivity contribution < 1.29 is 19.1 Å². The number of carbonyl (C=O) groups excluding carboxylic acids is 2. The number of halogens is 2. The van der Waals surface area contributed by atoms with Crippen molar-refractivity contribution >= 4 is 35.0 Å². The standard InChI is InChI=1S/C13H10Cl2O4/c1-18-8-4-2-3-7(5-8)9(16)6-10-11(14)12(15)13(17)19-10/h2-5,10H,6H2,1H3/t10-/m1/s1. The molecule has 0 amide bonds. The maximum Gasteiger partial charge on any atom is 0.351 e. The molecule has 1 aliphatic heterocycles. The van der Waals surface area contributed by atoms with Gasteiger partial charge < -0.3 is 9.47 Å². The maximum atomic E-state index is 12.1. The molecule has 0 bridgehead atoms. The van der Waals surface area contributed by atoms with E-state index in [4.69, 9.17) is 32.7 Å². The third kappa shape index (κ3) is 2.91. The number of cyclic esters (lactones) is 1. The lowest BCUT2D eigenvalue weighted by molar-refractivity contribution is -0.138. The van der Waals surface area contributed by atoms with Gasteiger partial charge in [0.2, 0.25) is 0 Å². The van der Waals surface area contributed by atoms with E-state index in [9.17, 15) is 9.59 Å². The van der Waals surface area contributed by atoms with Gasteiger partial charge in [-0.3, -0.25) is 4.79 Å². The van der Waals surface area contributed by atoms with Crippen molar-refractivity contribution in [3.63, 3.8) is 0 Å². The van der Waals surface area contributed by atoms with E-state index in [0.29, 0.717) is 11.3 Å². The summed E-state index contributed by atoms with van der Waals surface area (Å²) < 4.78 is 9.94. The number of rotatable bonds is 4. The Kier molecular flexibility index (Phi) is 4.12. The highest BCUT2D eigenvalue weighted by Gasteiger charge is 2.33. The molecular weight excluding hydrogens is 291 g/mol. The molecule has 1 aliphatic rings. The number of carbonyl (C=O) groups is 2. The highest BCUT2D eigenvalue weighted by atomic mass is 35.5. The molecule has 1 aromatic carbocycles. The van der Waals surface area contributed by atoms with E-state index in [1.165, 1.54) is 7.11 Å². The molecule has 1 heterocycles. The van der Waals surface area contributed by atoms with Crippen LogP contribution >= 0.6 is 23.2 Å². The van der Waals surface area contributed by atoms with Crippen LogP contribution in [0.3, 0.4) is 0 Å². The normalized spacial score (nSPS) is 18.5. The predicted molar refractivity (Wildman–Crippen MR) is 70.6 cm³/mol. The minimum Gasteiger partial charge on any atom is -0.497 e. The minimum atomic E-state index is -0.805. The number of hydrogen-bond donors (Lipinski definition) is 0. The zero-order chi connectivity index (χ0) is 14.0. The zero-order valence-corrected chi connectivity index (χ0v) is 11.5. The second-order valence-electron chi connectivity index (χ2n) is 3.92. The van der Waals surface area contributed by atoms with Crippen molar-refractivity contribution in [1.29, 1.82) is 0 Å². The average Bonchev–Trinajstić information content (AvgIpc) is 2.66. The molecule has 0 N–H and O–H groups in total. The second kappa shape index (κ2) is 5.63. The van der Waals surface area contributed by atoms with Crippen LogP contribution in [0.2, 0.25) is 0 Å². The van der Waals surface area contributed by atoms with E-state index in [1.807, 2.05) is 0 Å². The number of benzene rings is 1. The maximum absolute atomic E-state index is 12.1. The first-order chi connectivity index (χ1) is 9.02. The van der Waals surface area contributed by atoms with E-state index in [0.717, 1.165) is 0 Å². The van der Waals surface area contributed by atoms with Crippen LogP contribution in [0.1, 0.15) is 16.8 Å². The van der Waals surface area contributed by atoms with Crippen molar-refractivity contribution in [2.45, 2.75) is 12.5 Å². The van der Waals surface area contributed by atoms with Crippen molar-refractivity contribution in [2.75, 3.05) is 7.11 Å². The van der Waals surface area contributed by atoms with Gasteiger partial charge in [0.25, 0.3) is 0 Å². The van der Waals surface area contributed by atoms with Gasteiger partial charge in [0.1, 0.15) is 16.9 Å². The van der Waals surface area contributed by atoms with Gasteiger partial charge in [0.15, 0.2) is 5.78 Å². The smallest absolute Gasteiger partial charge is 0.351 e. The molecule has 2 rings (SSSR count). The van der Waals surface area contributed by atoms with Crippen molar-refractivity contribution in [2.24, 2.45) is 0 Å². The molecule has 4 nitrogen and oxygen atoms in total. The molecule has 1 aromatic rings. The number of esters is 1. The van der Waals surface area contributed by atoms with Gasteiger partial charge >= 0.3 is 5.97 Å². The number of methoxy groups -OCH3 is 1. The Morgan fingerprint density at radius 2 is 2.16 bits per heavy atom. The second-order valence-corrected chi connectivity index (χ2v) is 4.70. The summed E-state index contributed by atoms with van der Waals surface area (Å²) in [5.41, 5.74) is 0.461. The first kappa shape index (κ1) is 13.9. The molecule has 0 saturated carbocycles. The van der Waals surface area contributed by atoms with Gasteiger partial charge in [-0.1, -0.05) is 35.3 Å². The highest BCUT2D eigenvalue weighted by molar-refractivity contribution is 6.48.